The van der Waals surface area contributed by atoms with Crippen LogP contribution in [0.15, 0.2) is 12.1 Å². The number of carbonyl (C=O) groups excluding carboxylic acids is 1. The number of amides is 1. The monoisotopic (exact) mass is 289 g/mol. The minimum Gasteiger partial charge on any atom is -0.373 e. The summed E-state index contributed by atoms with van der Waals surface area (Å²) in [5.41, 5.74) is 1.65. The second-order valence-electron chi connectivity index (χ2n) is 6.42. The van der Waals surface area contributed by atoms with Crippen molar-refractivity contribution in [2.45, 2.75) is 52.5 Å². The maximum Gasteiger partial charge on any atom is 0.251 e. The Labute approximate surface area is 127 Å². The third-order valence-corrected chi connectivity index (χ3v) is 4.27. The summed E-state index contributed by atoms with van der Waals surface area (Å²) in [6, 6.07) is 4.02. The number of carbonyl (C=O) groups is 1. The van der Waals surface area contributed by atoms with Crippen LogP contribution in [0.25, 0.3) is 0 Å². The fraction of sp³-hybridized carbons (Fsp3) is 0.647. The third kappa shape index (κ3) is 4.19. The molecule has 0 aromatic carbocycles. The zero-order chi connectivity index (χ0) is 15.4. The summed E-state index contributed by atoms with van der Waals surface area (Å²) >= 11 is 0. The van der Waals surface area contributed by atoms with Gasteiger partial charge in [0.15, 0.2) is 0 Å². The van der Waals surface area contributed by atoms with E-state index in [0.29, 0.717) is 23.4 Å². The first-order valence-corrected chi connectivity index (χ1v) is 8.01. The summed E-state index contributed by atoms with van der Waals surface area (Å²) in [5, 5.41) is 6.23. The first-order chi connectivity index (χ1) is 10.0. The van der Waals surface area contributed by atoms with E-state index >= 15 is 0 Å². The van der Waals surface area contributed by atoms with Crippen LogP contribution in [-0.2, 0) is 6.42 Å². The van der Waals surface area contributed by atoms with E-state index in [-0.39, 0.29) is 5.91 Å². The summed E-state index contributed by atoms with van der Waals surface area (Å²) in [6.07, 6.45) is 4.26. The number of nitrogens with one attached hydrogen (secondary N) is 2. The zero-order valence-electron chi connectivity index (χ0n) is 13.6. The quantitative estimate of drug-likeness (QED) is 0.894. The largest absolute Gasteiger partial charge is 0.373 e. The van der Waals surface area contributed by atoms with Crippen molar-refractivity contribution in [2.75, 3.05) is 12.4 Å². The van der Waals surface area contributed by atoms with Gasteiger partial charge in [-0.15, -0.1) is 0 Å². The van der Waals surface area contributed by atoms with Gasteiger partial charge in [0.25, 0.3) is 5.91 Å². The number of rotatable bonds is 4. The Morgan fingerprint density at radius 1 is 1.24 bits per heavy atom. The lowest BCUT2D eigenvalue weighted by Crippen LogP contribution is -2.40. The molecule has 21 heavy (non-hydrogen) atoms. The average molecular weight is 289 g/mol. The van der Waals surface area contributed by atoms with E-state index in [0.717, 1.165) is 30.8 Å². The van der Waals surface area contributed by atoms with Crippen LogP contribution in [0.5, 0.6) is 0 Å². The van der Waals surface area contributed by atoms with E-state index < -0.39 is 0 Å². The van der Waals surface area contributed by atoms with Crippen molar-refractivity contribution in [3.8, 4) is 0 Å². The number of hydrogen-bond acceptors (Lipinski definition) is 3. The molecule has 1 amide bonds. The van der Waals surface area contributed by atoms with Gasteiger partial charge in [0.2, 0.25) is 0 Å². The van der Waals surface area contributed by atoms with Crippen LogP contribution in [-0.4, -0.2) is 24.0 Å². The van der Waals surface area contributed by atoms with Gasteiger partial charge in [-0.1, -0.05) is 20.8 Å². The molecular weight excluding hydrogens is 262 g/mol. The lowest BCUT2D eigenvalue weighted by atomic mass is 9.80. The minimum absolute atomic E-state index is 0.0231. The Kier molecular flexibility index (Phi) is 5.21. The molecule has 0 aliphatic heterocycles. The molecule has 1 fully saturated rings. The molecule has 2 unspecified atom stereocenters. The molecule has 2 rings (SSSR count). The normalized spacial score (nSPS) is 25.4. The van der Waals surface area contributed by atoms with Crippen LogP contribution < -0.4 is 10.6 Å². The van der Waals surface area contributed by atoms with Crippen LogP contribution in [0.2, 0.25) is 0 Å². The van der Waals surface area contributed by atoms with Crippen LogP contribution in [0.4, 0.5) is 5.82 Å². The summed E-state index contributed by atoms with van der Waals surface area (Å²) in [4.78, 5) is 16.9. The zero-order valence-corrected chi connectivity index (χ0v) is 13.6. The molecule has 116 valence electrons. The van der Waals surface area contributed by atoms with Gasteiger partial charge in [0, 0.05) is 24.3 Å². The molecule has 1 aliphatic carbocycles. The number of pyridine rings is 1. The number of aryl methyl sites for hydroxylation is 1. The smallest absolute Gasteiger partial charge is 0.251 e. The minimum atomic E-state index is 0.0231. The molecule has 1 heterocycles. The Morgan fingerprint density at radius 3 is 2.48 bits per heavy atom. The number of hydrogen-bond donors (Lipinski definition) is 2. The Morgan fingerprint density at radius 2 is 1.90 bits per heavy atom. The van der Waals surface area contributed by atoms with Gasteiger partial charge in [-0.3, -0.25) is 4.79 Å². The molecule has 4 nitrogen and oxygen atoms in total. The van der Waals surface area contributed by atoms with Crippen molar-refractivity contribution in [3.63, 3.8) is 0 Å². The molecule has 1 aromatic heterocycles. The van der Waals surface area contributed by atoms with Crippen LogP contribution in [0, 0.1) is 11.8 Å². The molecule has 2 atom stereocenters. The Balaban J connectivity index is 2.09. The molecule has 0 saturated heterocycles. The van der Waals surface area contributed by atoms with Gasteiger partial charge in [0.05, 0.1) is 0 Å². The Hall–Kier alpha value is -1.58. The molecule has 0 spiro atoms. The third-order valence-electron chi connectivity index (χ3n) is 4.27. The van der Waals surface area contributed by atoms with Gasteiger partial charge in [-0.25, -0.2) is 4.98 Å². The highest BCUT2D eigenvalue weighted by Crippen LogP contribution is 2.28. The summed E-state index contributed by atoms with van der Waals surface area (Å²) in [7, 11) is 1.83. The van der Waals surface area contributed by atoms with E-state index in [1.807, 2.05) is 26.1 Å². The number of nitrogens with zero attached hydrogens (tertiary/aromatic N) is 1. The SMILES string of the molecule is CCc1cc(C(=O)NC2CC(C)CC(C)C2)cc(NC)n1. The number of aromatic nitrogens is 1. The first kappa shape index (κ1) is 15.8. The first-order valence-electron chi connectivity index (χ1n) is 8.01. The topological polar surface area (TPSA) is 54.0 Å². The lowest BCUT2D eigenvalue weighted by Gasteiger charge is -2.32. The predicted octanol–water partition coefficient (Wildman–Crippen LogP) is 3.24. The summed E-state index contributed by atoms with van der Waals surface area (Å²) in [6.45, 7) is 6.60. The highest BCUT2D eigenvalue weighted by Gasteiger charge is 2.25. The van der Waals surface area contributed by atoms with Gasteiger partial charge in [-0.05, 0) is 49.7 Å². The molecule has 2 N–H and O–H groups in total. The predicted molar refractivity (Wildman–Crippen MR) is 86.6 cm³/mol. The Bertz CT molecular complexity index is 469. The van der Waals surface area contributed by atoms with Gasteiger partial charge in [-0.2, -0.15) is 0 Å². The molecule has 0 radical (unpaired) electrons. The van der Waals surface area contributed by atoms with Crippen LogP contribution >= 0.6 is 0 Å². The van der Waals surface area contributed by atoms with Crippen LogP contribution in [0.3, 0.4) is 0 Å². The maximum atomic E-state index is 12.5. The standard InChI is InChI=1S/C17H27N3O/c1-5-14-9-13(10-16(18-4)19-14)17(21)20-15-7-11(2)6-12(3)8-15/h9-12,15H,5-8H2,1-4H3,(H,18,19)(H,20,21). The van der Waals surface area contributed by atoms with Gasteiger partial charge in [0.1, 0.15) is 5.82 Å². The molecule has 1 saturated carbocycles. The van der Waals surface area contributed by atoms with Crippen LogP contribution in [0.1, 0.15) is 56.1 Å². The summed E-state index contributed by atoms with van der Waals surface area (Å²) in [5.74, 6) is 2.16. The molecular formula is C17H27N3O. The molecule has 4 heteroatoms. The molecule has 1 aromatic rings. The van der Waals surface area contributed by atoms with E-state index in [4.69, 9.17) is 0 Å². The van der Waals surface area contributed by atoms with E-state index in [1.54, 1.807) is 0 Å². The average Bonchev–Trinajstić information content (AvgIpc) is 2.45. The fourth-order valence-electron chi connectivity index (χ4n) is 3.36. The molecule has 0 bridgehead atoms. The van der Waals surface area contributed by atoms with Gasteiger partial charge < -0.3 is 10.6 Å². The number of anilines is 1. The molecule has 1 aliphatic rings. The maximum absolute atomic E-state index is 12.5. The van der Waals surface area contributed by atoms with Crippen molar-refractivity contribution < 1.29 is 4.79 Å². The van der Waals surface area contributed by atoms with Crippen molar-refractivity contribution in [2.24, 2.45) is 11.8 Å². The van der Waals surface area contributed by atoms with E-state index in [1.165, 1.54) is 6.42 Å². The van der Waals surface area contributed by atoms with Crippen molar-refractivity contribution in [1.29, 1.82) is 0 Å². The lowest BCUT2D eigenvalue weighted by molar-refractivity contribution is 0.0911. The van der Waals surface area contributed by atoms with Crippen molar-refractivity contribution in [3.05, 3.63) is 23.4 Å². The second kappa shape index (κ2) is 6.92. The summed E-state index contributed by atoms with van der Waals surface area (Å²) < 4.78 is 0. The van der Waals surface area contributed by atoms with Gasteiger partial charge >= 0.3 is 0 Å². The fourth-order valence-corrected chi connectivity index (χ4v) is 3.36. The van der Waals surface area contributed by atoms with E-state index in [2.05, 4.69) is 29.5 Å². The van der Waals surface area contributed by atoms with Crippen molar-refractivity contribution >= 4 is 11.7 Å². The van der Waals surface area contributed by atoms with E-state index in [9.17, 15) is 4.79 Å². The van der Waals surface area contributed by atoms with Crippen molar-refractivity contribution in [1.82, 2.24) is 10.3 Å². The highest BCUT2D eigenvalue weighted by atomic mass is 16.1. The second-order valence-corrected chi connectivity index (χ2v) is 6.42. The highest BCUT2D eigenvalue weighted by molar-refractivity contribution is 5.95.